The van der Waals surface area contributed by atoms with Gasteiger partial charge in [-0.2, -0.15) is 4.98 Å². The second-order valence-corrected chi connectivity index (χ2v) is 8.08. The molecule has 0 spiro atoms. The van der Waals surface area contributed by atoms with E-state index >= 15 is 0 Å². The van der Waals surface area contributed by atoms with E-state index in [1.54, 1.807) is 23.7 Å². The van der Waals surface area contributed by atoms with E-state index in [2.05, 4.69) is 25.9 Å². The number of anilines is 3. The first-order valence-corrected chi connectivity index (χ1v) is 10.8. The smallest absolute Gasteiger partial charge is 0.229 e. The molecule has 4 rings (SSSR count). The summed E-state index contributed by atoms with van der Waals surface area (Å²) in [6.07, 6.45) is 10.9. The van der Waals surface area contributed by atoms with Crippen LogP contribution in [0.3, 0.4) is 0 Å². The van der Waals surface area contributed by atoms with Gasteiger partial charge in [0.15, 0.2) is 0 Å². The molecule has 1 aliphatic rings. The van der Waals surface area contributed by atoms with E-state index in [1.807, 2.05) is 30.5 Å². The van der Waals surface area contributed by atoms with Crippen molar-refractivity contribution in [1.29, 1.82) is 5.41 Å². The fourth-order valence-electron chi connectivity index (χ4n) is 3.49. The summed E-state index contributed by atoms with van der Waals surface area (Å²) in [5.41, 5.74) is 3.25. The summed E-state index contributed by atoms with van der Waals surface area (Å²) in [5, 5.41) is 19.7. The minimum Gasteiger partial charge on any atom is -0.366 e. The van der Waals surface area contributed by atoms with E-state index in [0.29, 0.717) is 17.7 Å². The van der Waals surface area contributed by atoms with Crippen molar-refractivity contribution in [2.45, 2.75) is 45.1 Å². The molecule has 29 heavy (non-hydrogen) atoms. The number of rotatable bonds is 7. The third kappa shape index (κ3) is 4.71. The fourth-order valence-corrected chi connectivity index (χ4v) is 4.28. The van der Waals surface area contributed by atoms with Crippen molar-refractivity contribution in [1.82, 2.24) is 15.0 Å². The molecule has 0 saturated heterocycles. The van der Waals surface area contributed by atoms with Crippen molar-refractivity contribution in [2.24, 2.45) is 0 Å². The van der Waals surface area contributed by atoms with Gasteiger partial charge in [0.25, 0.3) is 0 Å². The van der Waals surface area contributed by atoms with Crippen molar-refractivity contribution in [3.63, 3.8) is 0 Å². The predicted molar refractivity (Wildman–Crippen MR) is 121 cm³/mol. The summed E-state index contributed by atoms with van der Waals surface area (Å²) in [6, 6.07) is 6.28. The Labute approximate surface area is 174 Å². The van der Waals surface area contributed by atoms with Crippen molar-refractivity contribution in [2.75, 3.05) is 16.0 Å². The van der Waals surface area contributed by atoms with Gasteiger partial charge in [-0.05, 0) is 43.3 Å². The van der Waals surface area contributed by atoms with Crippen molar-refractivity contribution < 1.29 is 0 Å². The first kappa shape index (κ1) is 19.3. The molecule has 150 valence electrons. The lowest BCUT2D eigenvalue weighted by Gasteiger charge is -2.23. The molecule has 8 heteroatoms. The van der Waals surface area contributed by atoms with E-state index in [1.165, 1.54) is 38.3 Å². The Morgan fingerprint density at radius 3 is 2.86 bits per heavy atom. The lowest BCUT2D eigenvalue weighted by Crippen LogP contribution is -2.23. The Balaban J connectivity index is 1.55. The summed E-state index contributed by atoms with van der Waals surface area (Å²) in [6.45, 7) is 1.94. The van der Waals surface area contributed by atoms with Crippen LogP contribution in [-0.4, -0.2) is 27.2 Å². The normalized spacial score (nSPS) is 15.3. The number of pyridine rings is 1. The predicted octanol–water partition coefficient (Wildman–Crippen LogP) is 5.15. The number of fused-ring (bicyclic) bond motifs is 1. The first-order chi connectivity index (χ1) is 14.2. The van der Waals surface area contributed by atoms with Crippen molar-refractivity contribution in [3.05, 3.63) is 47.4 Å². The molecule has 1 saturated carbocycles. The zero-order valence-electron chi connectivity index (χ0n) is 16.4. The standard InChI is InChI=1S/C21H25N7S/c1-14-17(8-5-10-23-14)24-13-16(12-22)26-21-27-18-9-11-29-19(18)20(28-21)25-15-6-3-2-4-7-15/h5,8-13,15,22,24H,2-4,6-7H2,1H3,(H2,25,26,27,28)/b16-13+,22-12?. The van der Waals surface area contributed by atoms with Crippen LogP contribution in [0.25, 0.3) is 10.2 Å². The number of aromatic nitrogens is 3. The van der Waals surface area contributed by atoms with Gasteiger partial charge in [0.2, 0.25) is 5.95 Å². The first-order valence-electron chi connectivity index (χ1n) is 9.90. The van der Waals surface area contributed by atoms with Crippen LogP contribution in [0.15, 0.2) is 41.7 Å². The topological polar surface area (TPSA) is 98.6 Å². The minimum atomic E-state index is 0.463. The SMILES string of the molecule is Cc1ncccc1N/C=C(\C=N)Nc1nc(NC2CCCCC2)c2sccc2n1. The van der Waals surface area contributed by atoms with E-state index in [-0.39, 0.29) is 0 Å². The maximum absolute atomic E-state index is 7.74. The van der Waals surface area contributed by atoms with Crippen LogP contribution in [0.5, 0.6) is 0 Å². The zero-order chi connectivity index (χ0) is 20.1. The Morgan fingerprint density at radius 1 is 1.21 bits per heavy atom. The molecular formula is C21H25N7S. The Hall–Kier alpha value is -3.00. The van der Waals surface area contributed by atoms with Gasteiger partial charge in [-0.25, -0.2) is 4.98 Å². The van der Waals surface area contributed by atoms with Gasteiger partial charge in [0, 0.05) is 24.7 Å². The van der Waals surface area contributed by atoms with Gasteiger partial charge in [-0.1, -0.05) is 19.3 Å². The second kappa shape index (κ2) is 9.00. The molecule has 0 atom stereocenters. The fraction of sp³-hybridized carbons (Fsp3) is 0.333. The van der Waals surface area contributed by atoms with Crippen LogP contribution in [0.1, 0.15) is 37.8 Å². The highest BCUT2D eigenvalue weighted by molar-refractivity contribution is 7.17. The van der Waals surface area contributed by atoms with E-state index in [9.17, 15) is 0 Å². The van der Waals surface area contributed by atoms with Gasteiger partial charge < -0.3 is 21.4 Å². The average Bonchev–Trinajstić information content (AvgIpc) is 3.22. The molecular weight excluding hydrogens is 382 g/mol. The number of hydrogen-bond donors (Lipinski definition) is 4. The molecule has 0 radical (unpaired) electrons. The number of aryl methyl sites for hydroxylation is 1. The summed E-state index contributed by atoms with van der Waals surface area (Å²) >= 11 is 1.65. The molecule has 0 aromatic carbocycles. The molecule has 4 N–H and O–H groups in total. The minimum absolute atomic E-state index is 0.463. The highest BCUT2D eigenvalue weighted by Gasteiger charge is 2.17. The summed E-state index contributed by atoms with van der Waals surface area (Å²) < 4.78 is 1.07. The molecule has 3 aromatic rings. The molecule has 0 unspecified atom stereocenters. The quantitative estimate of drug-likeness (QED) is 0.404. The third-order valence-electron chi connectivity index (χ3n) is 5.05. The maximum Gasteiger partial charge on any atom is 0.229 e. The van der Waals surface area contributed by atoms with Crippen LogP contribution < -0.4 is 16.0 Å². The zero-order valence-corrected chi connectivity index (χ0v) is 17.2. The monoisotopic (exact) mass is 407 g/mol. The molecule has 3 heterocycles. The highest BCUT2D eigenvalue weighted by Crippen LogP contribution is 2.30. The molecule has 0 amide bonds. The van der Waals surface area contributed by atoms with Gasteiger partial charge in [0.05, 0.1) is 27.3 Å². The number of thiophene rings is 1. The van der Waals surface area contributed by atoms with E-state index < -0.39 is 0 Å². The Morgan fingerprint density at radius 2 is 2.07 bits per heavy atom. The van der Waals surface area contributed by atoms with Crippen molar-refractivity contribution in [3.8, 4) is 0 Å². The van der Waals surface area contributed by atoms with Crippen LogP contribution in [0.2, 0.25) is 0 Å². The van der Waals surface area contributed by atoms with Gasteiger partial charge >= 0.3 is 0 Å². The number of nitrogens with one attached hydrogen (secondary N) is 4. The highest BCUT2D eigenvalue weighted by atomic mass is 32.1. The van der Waals surface area contributed by atoms with Gasteiger partial charge in [-0.3, -0.25) is 4.98 Å². The largest absolute Gasteiger partial charge is 0.366 e. The lowest BCUT2D eigenvalue weighted by atomic mass is 9.95. The number of allylic oxidation sites excluding steroid dienone is 1. The molecule has 0 aliphatic heterocycles. The summed E-state index contributed by atoms with van der Waals surface area (Å²) in [7, 11) is 0. The van der Waals surface area contributed by atoms with Crippen LogP contribution in [-0.2, 0) is 0 Å². The average molecular weight is 408 g/mol. The molecule has 1 fully saturated rings. The maximum atomic E-state index is 7.74. The molecule has 0 bridgehead atoms. The molecule has 7 nitrogen and oxygen atoms in total. The van der Waals surface area contributed by atoms with Crippen molar-refractivity contribution >= 4 is 45.2 Å². The third-order valence-corrected chi connectivity index (χ3v) is 5.96. The van der Waals surface area contributed by atoms with Crippen LogP contribution in [0, 0.1) is 12.3 Å². The molecule has 1 aliphatic carbocycles. The summed E-state index contributed by atoms with van der Waals surface area (Å²) in [5.74, 6) is 1.36. The summed E-state index contributed by atoms with van der Waals surface area (Å²) in [4.78, 5) is 13.6. The van der Waals surface area contributed by atoms with E-state index in [0.717, 1.165) is 27.4 Å². The number of nitrogens with zero attached hydrogens (tertiary/aromatic N) is 3. The Kier molecular flexibility index (Phi) is 6.00. The number of hydrogen-bond acceptors (Lipinski definition) is 8. The molecule has 3 aromatic heterocycles. The lowest BCUT2D eigenvalue weighted by molar-refractivity contribution is 0.462. The second-order valence-electron chi connectivity index (χ2n) is 7.16. The Bertz CT molecular complexity index is 1020. The van der Waals surface area contributed by atoms with Gasteiger partial charge in [0.1, 0.15) is 5.82 Å². The van der Waals surface area contributed by atoms with Gasteiger partial charge in [-0.15, -0.1) is 11.3 Å². The van der Waals surface area contributed by atoms with Crippen LogP contribution in [0.4, 0.5) is 17.5 Å². The van der Waals surface area contributed by atoms with E-state index in [4.69, 9.17) is 10.4 Å². The van der Waals surface area contributed by atoms with Crippen LogP contribution >= 0.6 is 11.3 Å².